The smallest absolute Gasteiger partial charge is 0.407 e. The standard InChI is InChI=1S/C18H21NO3/c1-18(2,21)16-10-6-9-15(11-16)12-19-17(20)22-13-14-7-4-3-5-8-14/h3-11,21H,12-13H2,1-2H3,(H,19,20). The van der Waals surface area contributed by atoms with Crippen molar-refractivity contribution in [1.82, 2.24) is 5.32 Å². The molecule has 0 aliphatic heterocycles. The van der Waals surface area contributed by atoms with Crippen molar-refractivity contribution >= 4 is 6.09 Å². The van der Waals surface area contributed by atoms with Gasteiger partial charge in [0.05, 0.1) is 5.60 Å². The zero-order valence-electron chi connectivity index (χ0n) is 12.9. The van der Waals surface area contributed by atoms with E-state index in [1.54, 1.807) is 13.8 Å². The van der Waals surface area contributed by atoms with Crippen LogP contribution in [-0.2, 0) is 23.5 Å². The van der Waals surface area contributed by atoms with Crippen molar-refractivity contribution in [1.29, 1.82) is 0 Å². The Morgan fingerprint density at radius 2 is 1.77 bits per heavy atom. The van der Waals surface area contributed by atoms with E-state index in [1.165, 1.54) is 0 Å². The minimum atomic E-state index is -0.899. The molecule has 0 fully saturated rings. The van der Waals surface area contributed by atoms with Crippen LogP contribution in [0.4, 0.5) is 4.79 Å². The monoisotopic (exact) mass is 299 g/mol. The van der Waals surface area contributed by atoms with Crippen LogP contribution in [0.1, 0.15) is 30.5 Å². The number of aliphatic hydroxyl groups is 1. The van der Waals surface area contributed by atoms with E-state index < -0.39 is 11.7 Å². The highest BCUT2D eigenvalue weighted by Gasteiger charge is 2.15. The van der Waals surface area contributed by atoms with Crippen molar-refractivity contribution in [2.24, 2.45) is 0 Å². The molecule has 1 amide bonds. The van der Waals surface area contributed by atoms with Crippen molar-refractivity contribution in [3.8, 4) is 0 Å². The summed E-state index contributed by atoms with van der Waals surface area (Å²) < 4.78 is 5.15. The molecule has 0 heterocycles. The molecule has 2 aromatic rings. The third-order valence-electron chi connectivity index (χ3n) is 3.28. The number of ether oxygens (including phenoxy) is 1. The quantitative estimate of drug-likeness (QED) is 0.890. The molecule has 4 nitrogen and oxygen atoms in total. The highest BCUT2D eigenvalue weighted by Crippen LogP contribution is 2.20. The Labute approximate surface area is 130 Å². The van der Waals surface area contributed by atoms with Crippen LogP contribution < -0.4 is 5.32 Å². The maximum absolute atomic E-state index is 11.7. The number of hydrogen-bond donors (Lipinski definition) is 2. The second-order valence-corrected chi connectivity index (χ2v) is 5.67. The fourth-order valence-corrected chi connectivity index (χ4v) is 2.01. The van der Waals surface area contributed by atoms with Crippen molar-refractivity contribution in [3.63, 3.8) is 0 Å². The van der Waals surface area contributed by atoms with Crippen LogP contribution in [0.25, 0.3) is 0 Å². The van der Waals surface area contributed by atoms with Crippen LogP contribution in [0, 0.1) is 0 Å². The minimum Gasteiger partial charge on any atom is -0.445 e. The lowest BCUT2D eigenvalue weighted by atomic mass is 9.97. The maximum atomic E-state index is 11.7. The molecule has 116 valence electrons. The van der Waals surface area contributed by atoms with Gasteiger partial charge in [-0.05, 0) is 30.5 Å². The molecule has 0 spiro atoms. The second-order valence-electron chi connectivity index (χ2n) is 5.67. The Morgan fingerprint density at radius 3 is 2.45 bits per heavy atom. The van der Waals surface area contributed by atoms with Crippen molar-refractivity contribution in [2.75, 3.05) is 0 Å². The molecule has 0 atom stereocenters. The van der Waals surface area contributed by atoms with Crippen molar-refractivity contribution < 1.29 is 14.6 Å². The van der Waals surface area contributed by atoms with Gasteiger partial charge >= 0.3 is 6.09 Å². The molecule has 0 aliphatic rings. The van der Waals surface area contributed by atoms with Crippen LogP contribution in [0.5, 0.6) is 0 Å². The van der Waals surface area contributed by atoms with Crippen LogP contribution in [0.3, 0.4) is 0 Å². The molecule has 0 unspecified atom stereocenters. The van der Waals surface area contributed by atoms with Gasteiger partial charge in [0.15, 0.2) is 0 Å². The maximum Gasteiger partial charge on any atom is 0.407 e. The summed E-state index contributed by atoms with van der Waals surface area (Å²) in [4.78, 5) is 11.7. The highest BCUT2D eigenvalue weighted by atomic mass is 16.5. The van der Waals surface area contributed by atoms with E-state index >= 15 is 0 Å². The summed E-state index contributed by atoms with van der Waals surface area (Å²) in [5.41, 5.74) is 1.77. The first-order valence-corrected chi connectivity index (χ1v) is 7.21. The highest BCUT2D eigenvalue weighted by molar-refractivity contribution is 5.67. The average Bonchev–Trinajstić information content (AvgIpc) is 2.51. The SMILES string of the molecule is CC(C)(O)c1cccc(CNC(=O)OCc2ccccc2)c1. The molecular weight excluding hydrogens is 278 g/mol. The topological polar surface area (TPSA) is 58.6 Å². The fourth-order valence-electron chi connectivity index (χ4n) is 2.01. The zero-order valence-corrected chi connectivity index (χ0v) is 12.9. The van der Waals surface area contributed by atoms with E-state index in [0.29, 0.717) is 6.54 Å². The van der Waals surface area contributed by atoms with Gasteiger partial charge in [-0.25, -0.2) is 4.79 Å². The number of carbonyl (C=O) groups is 1. The zero-order chi connectivity index (χ0) is 16.0. The molecule has 0 aliphatic carbocycles. The van der Waals surface area contributed by atoms with E-state index in [1.807, 2.05) is 54.6 Å². The summed E-state index contributed by atoms with van der Waals surface area (Å²) >= 11 is 0. The number of alkyl carbamates (subject to hydrolysis) is 1. The van der Waals surface area contributed by atoms with Crippen molar-refractivity contribution in [3.05, 3.63) is 71.3 Å². The summed E-state index contributed by atoms with van der Waals surface area (Å²) in [5, 5.41) is 12.7. The third kappa shape index (κ3) is 4.90. The van der Waals surface area contributed by atoms with E-state index in [2.05, 4.69) is 5.32 Å². The first kappa shape index (κ1) is 16.0. The largest absolute Gasteiger partial charge is 0.445 e. The van der Waals surface area contributed by atoms with E-state index in [-0.39, 0.29) is 6.61 Å². The number of amides is 1. The Balaban J connectivity index is 1.84. The Bertz CT molecular complexity index is 618. The first-order valence-electron chi connectivity index (χ1n) is 7.21. The fraction of sp³-hybridized carbons (Fsp3) is 0.278. The molecule has 0 saturated carbocycles. The van der Waals surface area contributed by atoms with Gasteiger partial charge in [-0.15, -0.1) is 0 Å². The summed E-state index contributed by atoms with van der Waals surface area (Å²) in [6.45, 7) is 4.06. The molecule has 0 bridgehead atoms. The summed E-state index contributed by atoms with van der Waals surface area (Å²) in [5.74, 6) is 0. The van der Waals surface area contributed by atoms with E-state index in [0.717, 1.165) is 16.7 Å². The lowest BCUT2D eigenvalue weighted by Crippen LogP contribution is -2.24. The predicted octanol–water partition coefficient (Wildman–Crippen LogP) is 3.34. The second kappa shape index (κ2) is 7.09. The molecule has 2 aromatic carbocycles. The van der Waals surface area contributed by atoms with Gasteiger partial charge in [-0.2, -0.15) is 0 Å². The van der Waals surface area contributed by atoms with Gasteiger partial charge in [-0.3, -0.25) is 0 Å². The molecule has 22 heavy (non-hydrogen) atoms. The van der Waals surface area contributed by atoms with Crippen LogP contribution >= 0.6 is 0 Å². The van der Waals surface area contributed by atoms with Crippen LogP contribution in [-0.4, -0.2) is 11.2 Å². The van der Waals surface area contributed by atoms with Crippen LogP contribution in [0.2, 0.25) is 0 Å². The van der Waals surface area contributed by atoms with E-state index in [4.69, 9.17) is 4.74 Å². The van der Waals surface area contributed by atoms with Crippen LogP contribution in [0.15, 0.2) is 54.6 Å². The summed E-state index contributed by atoms with van der Waals surface area (Å²) in [7, 11) is 0. The normalized spacial score (nSPS) is 11.0. The van der Waals surface area contributed by atoms with Gasteiger partial charge in [0.1, 0.15) is 6.61 Å². The molecular formula is C18H21NO3. The van der Waals surface area contributed by atoms with Gasteiger partial charge in [0.2, 0.25) is 0 Å². The number of benzene rings is 2. The van der Waals surface area contributed by atoms with Gasteiger partial charge in [-0.1, -0.05) is 54.6 Å². The van der Waals surface area contributed by atoms with E-state index in [9.17, 15) is 9.90 Å². The molecule has 0 radical (unpaired) electrons. The average molecular weight is 299 g/mol. The predicted molar refractivity (Wildman–Crippen MR) is 85.2 cm³/mol. The Morgan fingerprint density at radius 1 is 1.09 bits per heavy atom. The van der Waals surface area contributed by atoms with Gasteiger partial charge < -0.3 is 15.2 Å². The third-order valence-corrected chi connectivity index (χ3v) is 3.28. The number of nitrogens with one attached hydrogen (secondary N) is 1. The first-order chi connectivity index (χ1) is 10.4. The lowest BCUT2D eigenvalue weighted by molar-refractivity contribution is 0.0785. The van der Waals surface area contributed by atoms with Gasteiger partial charge in [0, 0.05) is 6.54 Å². The van der Waals surface area contributed by atoms with Gasteiger partial charge in [0.25, 0.3) is 0 Å². The molecule has 4 heteroatoms. The summed E-state index contributed by atoms with van der Waals surface area (Å²) in [6.07, 6.45) is -0.461. The summed E-state index contributed by atoms with van der Waals surface area (Å²) in [6, 6.07) is 17.0. The molecule has 0 saturated heterocycles. The number of rotatable bonds is 5. The lowest BCUT2D eigenvalue weighted by Gasteiger charge is -2.18. The Hall–Kier alpha value is -2.33. The number of hydrogen-bond acceptors (Lipinski definition) is 3. The van der Waals surface area contributed by atoms with Crippen molar-refractivity contribution in [2.45, 2.75) is 32.6 Å². The minimum absolute atomic E-state index is 0.246. The molecule has 0 aromatic heterocycles. The molecule has 2 N–H and O–H groups in total. The molecule has 2 rings (SSSR count). The number of carbonyl (C=O) groups excluding carboxylic acids is 1. The Kier molecular flexibility index (Phi) is 5.17.